The van der Waals surface area contributed by atoms with Gasteiger partial charge in [0, 0.05) is 31.5 Å². The Kier molecular flexibility index (Phi) is 6.09. The number of aromatic nitrogens is 2. The van der Waals surface area contributed by atoms with Gasteiger partial charge in [0.25, 0.3) is 0 Å². The van der Waals surface area contributed by atoms with Crippen LogP contribution in [0.5, 0.6) is 11.5 Å². The molecule has 0 spiro atoms. The first kappa shape index (κ1) is 18.2. The van der Waals surface area contributed by atoms with E-state index in [0.29, 0.717) is 42.7 Å². The van der Waals surface area contributed by atoms with Crippen molar-refractivity contribution < 1.29 is 18.8 Å². The molecule has 1 aromatic carbocycles. The SMILES string of the molecule is CCOc1cc(-c2noc(CCC(=O)N3CCCCC3)n2)ccc1OC. The van der Waals surface area contributed by atoms with Crippen molar-refractivity contribution in [2.45, 2.75) is 39.0 Å². The lowest BCUT2D eigenvalue weighted by Gasteiger charge is -2.26. The zero-order valence-corrected chi connectivity index (χ0v) is 15.4. The summed E-state index contributed by atoms with van der Waals surface area (Å²) in [6.45, 7) is 4.17. The van der Waals surface area contributed by atoms with E-state index in [1.54, 1.807) is 7.11 Å². The minimum absolute atomic E-state index is 0.160. The van der Waals surface area contributed by atoms with Crippen molar-refractivity contribution in [3.8, 4) is 22.9 Å². The highest BCUT2D eigenvalue weighted by Crippen LogP contribution is 2.31. The molecule has 7 nitrogen and oxygen atoms in total. The van der Waals surface area contributed by atoms with Crippen LogP contribution in [0.4, 0.5) is 0 Å². The molecule has 1 fully saturated rings. The summed E-state index contributed by atoms with van der Waals surface area (Å²) in [5, 5.41) is 4.03. The van der Waals surface area contributed by atoms with Gasteiger partial charge < -0.3 is 18.9 Å². The van der Waals surface area contributed by atoms with Crippen LogP contribution in [-0.2, 0) is 11.2 Å². The lowest BCUT2D eigenvalue weighted by molar-refractivity contribution is -0.132. The highest BCUT2D eigenvalue weighted by atomic mass is 16.5. The van der Waals surface area contributed by atoms with Crippen molar-refractivity contribution in [1.29, 1.82) is 0 Å². The van der Waals surface area contributed by atoms with Gasteiger partial charge in [-0.3, -0.25) is 4.79 Å². The Bertz CT molecular complexity index is 738. The van der Waals surface area contributed by atoms with Gasteiger partial charge in [-0.05, 0) is 44.4 Å². The fourth-order valence-electron chi connectivity index (χ4n) is 3.07. The number of carbonyl (C=O) groups excluding carboxylic acids is 1. The molecule has 3 rings (SSSR count). The third-order valence-electron chi connectivity index (χ3n) is 4.45. The number of hydrogen-bond acceptors (Lipinski definition) is 6. The summed E-state index contributed by atoms with van der Waals surface area (Å²) in [6, 6.07) is 5.50. The van der Waals surface area contributed by atoms with Gasteiger partial charge in [0.15, 0.2) is 11.5 Å². The van der Waals surface area contributed by atoms with Gasteiger partial charge in [-0.1, -0.05) is 5.16 Å². The molecular formula is C19H25N3O4. The van der Waals surface area contributed by atoms with Crippen molar-refractivity contribution in [1.82, 2.24) is 15.0 Å². The van der Waals surface area contributed by atoms with Crippen molar-refractivity contribution in [2.24, 2.45) is 0 Å². The molecule has 0 unspecified atom stereocenters. The van der Waals surface area contributed by atoms with Gasteiger partial charge in [0.05, 0.1) is 13.7 Å². The van der Waals surface area contributed by atoms with Crippen LogP contribution in [0, 0.1) is 0 Å². The molecule has 7 heteroatoms. The largest absolute Gasteiger partial charge is 0.493 e. The van der Waals surface area contributed by atoms with Gasteiger partial charge in [0.1, 0.15) is 0 Å². The predicted molar refractivity (Wildman–Crippen MR) is 96.2 cm³/mol. The van der Waals surface area contributed by atoms with Crippen LogP contribution in [0.2, 0.25) is 0 Å². The van der Waals surface area contributed by atoms with Gasteiger partial charge in [0.2, 0.25) is 17.6 Å². The highest BCUT2D eigenvalue weighted by Gasteiger charge is 2.18. The number of aryl methyl sites for hydroxylation is 1. The lowest BCUT2D eigenvalue weighted by atomic mass is 10.1. The predicted octanol–water partition coefficient (Wildman–Crippen LogP) is 3.09. The smallest absolute Gasteiger partial charge is 0.227 e. The van der Waals surface area contributed by atoms with Crippen molar-refractivity contribution >= 4 is 5.91 Å². The molecular weight excluding hydrogens is 334 g/mol. The Balaban J connectivity index is 1.64. The lowest BCUT2D eigenvalue weighted by Crippen LogP contribution is -2.35. The number of benzene rings is 1. The van der Waals surface area contributed by atoms with Crippen LogP contribution in [0.15, 0.2) is 22.7 Å². The maximum Gasteiger partial charge on any atom is 0.227 e. The summed E-state index contributed by atoms with van der Waals surface area (Å²) in [4.78, 5) is 18.6. The molecule has 1 aliphatic rings. The van der Waals surface area contributed by atoms with Crippen LogP contribution in [0.25, 0.3) is 11.4 Å². The Morgan fingerprint density at radius 1 is 1.23 bits per heavy atom. The standard InChI is InChI=1S/C19H25N3O4/c1-3-25-16-13-14(7-8-15(16)24-2)19-20-17(26-21-19)9-10-18(23)22-11-5-4-6-12-22/h7-8,13H,3-6,9-12H2,1-2H3. The zero-order chi connectivity index (χ0) is 18.4. The van der Waals surface area contributed by atoms with E-state index in [1.807, 2.05) is 30.0 Å². The second-order valence-electron chi connectivity index (χ2n) is 6.25. The van der Waals surface area contributed by atoms with E-state index in [1.165, 1.54) is 6.42 Å². The van der Waals surface area contributed by atoms with Crippen LogP contribution in [-0.4, -0.2) is 47.8 Å². The van der Waals surface area contributed by atoms with Crippen LogP contribution >= 0.6 is 0 Å². The first-order valence-corrected chi connectivity index (χ1v) is 9.13. The summed E-state index contributed by atoms with van der Waals surface area (Å²) in [6.07, 6.45) is 4.25. The molecule has 0 radical (unpaired) electrons. The summed E-state index contributed by atoms with van der Waals surface area (Å²) >= 11 is 0. The van der Waals surface area contributed by atoms with Crippen molar-refractivity contribution in [3.05, 3.63) is 24.1 Å². The maximum atomic E-state index is 12.2. The summed E-state index contributed by atoms with van der Waals surface area (Å²) in [5.41, 5.74) is 0.784. The van der Waals surface area contributed by atoms with Crippen molar-refractivity contribution in [2.75, 3.05) is 26.8 Å². The topological polar surface area (TPSA) is 77.7 Å². The van der Waals surface area contributed by atoms with E-state index in [-0.39, 0.29) is 5.91 Å². The average Bonchev–Trinajstić information content (AvgIpc) is 3.16. The molecule has 140 valence electrons. The number of rotatable bonds is 7. The number of likely N-dealkylation sites (tertiary alicyclic amines) is 1. The maximum absolute atomic E-state index is 12.2. The number of methoxy groups -OCH3 is 1. The quantitative estimate of drug-likeness (QED) is 0.756. The second-order valence-corrected chi connectivity index (χ2v) is 6.25. The zero-order valence-electron chi connectivity index (χ0n) is 15.4. The fraction of sp³-hybridized carbons (Fsp3) is 0.526. The van der Waals surface area contributed by atoms with Crippen LogP contribution in [0.1, 0.15) is 38.5 Å². The molecule has 0 aliphatic carbocycles. The Labute approximate surface area is 153 Å². The Morgan fingerprint density at radius 3 is 2.77 bits per heavy atom. The summed E-state index contributed by atoms with van der Waals surface area (Å²) in [5.74, 6) is 2.41. The first-order chi connectivity index (χ1) is 12.7. The van der Waals surface area contributed by atoms with Gasteiger partial charge in [-0.25, -0.2) is 0 Å². The van der Waals surface area contributed by atoms with E-state index >= 15 is 0 Å². The molecule has 1 aliphatic heterocycles. The van der Waals surface area contributed by atoms with E-state index in [4.69, 9.17) is 14.0 Å². The van der Waals surface area contributed by atoms with E-state index in [2.05, 4.69) is 10.1 Å². The monoisotopic (exact) mass is 359 g/mol. The number of piperidine rings is 1. The molecule has 1 aromatic heterocycles. The number of ether oxygens (including phenoxy) is 2. The summed E-state index contributed by atoms with van der Waals surface area (Å²) < 4.78 is 16.2. The molecule has 2 heterocycles. The van der Waals surface area contributed by atoms with Crippen LogP contribution in [0.3, 0.4) is 0 Å². The molecule has 0 saturated carbocycles. The number of carbonyl (C=O) groups is 1. The number of nitrogens with zero attached hydrogens (tertiary/aromatic N) is 3. The fourth-order valence-corrected chi connectivity index (χ4v) is 3.07. The number of hydrogen-bond donors (Lipinski definition) is 0. The van der Waals surface area contributed by atoms with E-state index in [9.17, 15) is 4.79 Å². The molecule has 26 heavy (non-hydrogen) atoms. The van der Waals surface area contributed by atoms with Gasteiger partial charge in [-0.2, -0.15) is 4.98 Å². The van der Waals surface area contributed by atoms with Crippen molar-refractivity contribution in [3.63, 3.8) is 0 Å². The Morgan fingerprint density at radius 2 is 2.04 bits per heavy atom. The molecule has 0 bridgehead atoms. The molecule has 0 N–H and O–H groups in total. The summed E-state index contributed by atoms with van der Waals surface area (Å²) in [7, 11) is 1.60. The highest BCUT2D eigenvalue weighted by molar-refractivity contribution is 5.76. The van der Waals surface area contributed by atoms with E-state index in [0.717, 1.165) is 31.5 Å². The van der Waals surface area contributed by atoms with Gasteiger partial charge in [-0.15, -0.1) is 0 Å². The minimum atomic E-state index is 0.160. The van der Waals surface area contributed by atoms with E-state index < -0.39 is 0 Å². The third-order valence-corrected chi connectivity index (χ3v) is 4.45. The molecule has 2 aromatic rings. The normalized spacial score (nSPS) is 14.3. The second kappa shape index (κ2) is 8.69. The third kappa shape index (κ3) is 4.33. The first-order valence-electron chi connectivity index (χ1n) is 9.13. The molecule has 1 saturated heterocycles. The average molecular weight is 359 g/mol. The number of amides is 1. The molecule has 1 amide bonds. The van der Waals surface area contributed by atoms with Crippen LogP contribution < -0.4 is 9.47 Å². The Hall–Kier alpha value is -2.57. The molecule has 0 atom stereocenters. The minimum Gasteiger partial charge on any atom is -0.493 e. The van der Waals surface area contributed by atoms with Gasteiger partial charge >= 0.3 is 0 Å².